The Hall–Kier alpha value is -1.96. The van der Waals surface area contributed by atoms with Gasteiger partial charge in [0, 0.05) is 17.8 Å². The summed E-state index contributed by atoms with van der Waals surface area (Å²) in [5, 5.41) is 2.23. The third-order valence-electron chi connectivity index (χ3n) is 2.69. The summed E-state index contributed by atoms with van der Waals surface area (Å²) in [5.74, 6) is 0. The monoisotopic (exact) mass is 290 g/mol. The number of anilines is 2. The highest BCUT2D eigenvalue weighted by molar-refractivity contribution is 5.85. The van der Waals surface area contributed by atoms with Crippen LogP contribution in [0.3, 0.4) is 0 Å². The van der Waals surface area contributed by atoms with Gasteiger partial charge in [-0.15, -0.1) is 0 Å². The molecule has 0 aliphatic carbocycles. The normalized spacial score (nSPS) is 18.9. The first-order valence-electron chi connectivity index (χ1n) is 5.88. The van der Waals surface area contributed by atoms with Crippen LogP contribution in [-0.4, -0.2) is 25.4 Å². The summed E-state index contributed by atoms with van der Waals surface area (Å²) >= 11 is 0. The second-order valence-electron chi connectivity index (χ2n) is 4.36. The van der Waals surface area contributed by atoms with Gasteiger partial charge in [0.25, 0.3) is 0 Å². The summed E-state index contributed by atoms with van der Waals surface area (Å²) in [4.78, 5) is 11.5. The van der Waals surface area contributed by atoms with Gasteiger partial charge >= 0.3 is 12.3 Å². The molecular formula is C12H13F3N2O3. The molecule has 1 atom stereocenters. The van der Waals surface area contributed by atoms with E-state index in [2.05, 4.69) is 5.32 Å². The molecule has 1 amide bonds. The van der Waals surface area contributed by atoms with Crippen molar-refractivity contribution in [3.63, 3.8) is 0 Å². The highest BCUT2D eigenvalue weighted by Gasteiger charge is 2.31. The van der Waals surface area contributed by atoms with Crippen LogP contribution in [0.4, 0.5) is 29.3 Å². The van der Waals surface area contributed by atoms with Gasteiger partial charge in [-0.25, -0.2) is 4.79 Å². The van der Waals surface area contributed by atoms with Crippen molar-refractivity contribution in [3.05, 3.63) is 23.8 Å². The second kappa shape index (κ2) is 5.58. The number of halogens is 3. The van der Waals surface area contributed by atoms with E-state index in [4.69, 9.17) is 15.2 Å². The summed E-state index contributed by atoms with van der Waals surface area (Å²) in [5.41, 5.74) is 4.28. The maximum absolute atomic E-state index is 12.6. The first-order chi connectivity index (χ1) is 9.34. The van der Waals surface area contributed by atoms with E-state index in [-0.39, 0.29) is 24.1 Å². The highest BCUT2D eigenvalue weighted by atomic mass is 19.4. The average Bonchev–Trinajstić information content (AvgIpc) is 2.79. The van der Waals surface area contributed by atoms with Crippen molar-refractivity contribution in [2.75, 3.05) is 24.3 Å². The molecule has 5 nitrogen and oxygen atoms in total. The predicted molar refractivity (Wildman–Crippen MR) is 65.2 cm³/mol. The number of carbonyl (C=O) groups is 1. The van der Waals surface area contributed by atoms with Crippen LogP contribution in [0.2, 0.25) is 0 Å². The molecule has 1 heterocycles. The van der Waals surface area contributed by atoms with Crippen molar-refractivity contribution in [2.45, 2.75) is 18.7 Å². The number of ether oxygens (including phenoxy) is 2. The van der Waals surface area contributed by atoms with Crippen LogP contribution in [0.5, 0.6) is 0 Å². The Labute approximate surface area is 112 Å². The highest BCUT2D eigenvalue weighted by Crippen LogP contribution is 2.32. The van der Waals surface area contributed by atoms with E-state index in [1.807, 2.05) is 0 Å². The lowest BCUT2D eigenvalue weighted by atomic mass is 10.1. The Morgan fingerprint density at radius 1 is 1.40 bits per heavy atom. The minimum absolute atomic E-state index is 0.0683. The second-order valence-corrected chi connectivity index (χ2v) is 4.36. The number of nitrogens with one attached hydrogen (secondary N) is 1. The SMILES string of the molecule is Nc1cc(NC(=O)O[C@H]2CCOC2)cc(C(F)(F)F)c1. The standard InChI is InChI=1S/C12H13F3N2O3/c13-12(14,15)7-3-8(16)5-9(4-7)17-11(18)20-10-1-2-19-6-10/h3-5,10H,1-2,6,16H2,(H,17,18)/t10-/m0/s1. The Bertz CT molecular complexity index is 499. The summed E-state index contributed by atoms with van der Waals surface area (Å²) < 4.78 is 47.8. The lowest BCUT2D eigenvalue weighted by Gasteiger charge is -2.13. The van der Waals surface area contributed by atoms with Gasteiger partial charge in [-0.05, 0) is 18.2 Å². The Morgan fingerprint density at radius 3 is 2.75 bits per heavy atom. The van der Waals surface area contributed by atoms with E-state index in [1.165, 1.54) is 6.07 Å². The number of benzene rings is 1. The maximum atomic E-state index is 12.6. The number of nitrogen functional groups attached to an aromatic ring is 1. The zero-order valence-electron chi connectivity index (χ0n) is 10.4. The smallest absolute Gasteiger partial charge is 0.416 e. The molecule has 1 aromatic carbocycles. The van der Waals surface area contributed by atoms with Crippen molar-refractivity contribution in [1.29, 1.82) is 0 Å². The summed E-state index contributed by atoms with van der Waals surface area (Å²) in [6, 6.07) is 2.81. The average molecular weight is 290 g/mol. The Balaban J connectivity index is 2.04. The van der Waals surface area contributed by atoms with Gasteiger partial charge in [-0.3, -0.25) is 5.32 Å². The summed E-state index contributed by atoms with van der Waals surface area (Å²) in [6.45, 7) is 0.784. The molecule has 0 radical (unpaired) electrons. The zero-order valence-corrected chi connectivity index (χ0v) is 10.4. The largest absolute Gasteiger partial charge is 0.443 e. The molecular weight excluding hydrogens is 277 g/mol. The first-order valence-corrected chi connectivity index (χ1v) is 5.88. The van der Waals surface area contributed by atoms with E-state index in [1.54, 1.807) is 0 Å². The van der Waals surface area contributed by atoms with Crippen LogP contribution in [0.15, 0.2) is 18.2 Å². The van der Waals surface area contributed by atoms with Crippen LogP contribution in [0.25, 0.3) is 0 Å². The van der Waals surface area contributed by atoms with E-state index in [0.717, 1.165) is 12.1 Å². The Morgan fingerprint density at radius 2 is 2.15 bits per heavy atom. The van der Waals surface area contributed by atoms with Crippen molar-refractivity contribution < 1.29 is 27.4 Å². The fraction of sp³-hybridized carbons (Fsp3) is 0.417. The topological polar surface area (TPSA) is 73.6 Å². The molecule has 0 saturated carbocycles. The van der Waals surface area contributed by atoms with Crippen LogP contribution in [0, 0.1) is 0 Å². The molecule has 8 heteroatoms. The predicted octanol–water partition coefficient (Wildman–Crippen LogP) is 2.63. The molecule has 1 saturated heterocycles. The lowest BCUT2D eigenvalue weighted by molar-refractivity contribution is -0.137. The van der Waals surface area contributed by atoms with Crippen molar-refractivity contribution in [3.8, 4) is 0 Å². The third kappa shape index (κ3) is 3.77. The van der Waals surface area contributed by atoms with Crippen LogP contribution in [0.1, 0.15) is 12.0 Å². The molecule has 0 bridgehead atoms. The van der Waals surface area contributed by atoms with Gasteiger partial charge in [-0.1, -0.05) is 0 Å². The molecule has 0 spiro atoms. The molecule has 0 aromatic heterocycles. The minimum atomic E-state index is -4.53. The third-order valence-corrected chi connectivity index (χ3v) is 2.69. The van der Waals surface area contributed by atoms with Crippen LogP contribution < -0.4 is 11.1 Å². The summed E-state index contributed by atoms with van der Waals surface area (Å²) in [7, 11) is 0. The molecule has 1 aromatic rings. The molecule has 1 aliphatic rings. The quantitative estimate of drug-likeness (QED) is 0.821. The molecule has 1 aliphatic heterocycles. The van der Waals surface area contributed by atoms with Gasteiger partial charge in [0.05, 0.1) is 18.8 Å². The molecule has 3 N–H and O–H groups in total. The number of amides is 1. The van der Waals surface area contributed by atoms with Crippen molar-refractivity contribution in [1.82, 2.24) is 0 Å². The zero-order chi connectivity index (χ0) is 14.8. The number of carbonyl (C=O) groups excluding carboxylic acids is 1. The number of alkyl halides is 3. The molecule has 2 rings (SSSR count). The Kier molecular flexibility index (Phi) is 4.03. The van der Waals surface area contributed by atoms with Gasteiger partial charge < -0.3 is 15.2 Å². The fourth-order valence-electron chi connectivity index (χ4n) is 1.79. The van der Waals surface area contributed by atoms with Gasteiger partial charge in [0.15, 0.2) is 0 Å². The van der Waals surface area contributed by atoms with Crippen molar-refractivity contribution >= 4 is 17.5 Å². The van der Waals surface area contributed by atoms with Gasteiger partial charge in [0.2, 0.25) is 0 Å². The number of hydrogen-bond acceptors (Lipinski definition) is 4. The molecule has 0 unspecified atom stereocenters. The number of hydrogen-bond donors (Lipinski definition) is 2. The van der Waals surface area contributed by atoms with E-state index < -0.39 is 17.8 Å². The van der Waals surface area contributed by atoms with Gasteiger partial charge in [-0.2, -0.15) is 13.2 Å². The van der Waals surface area contributed by atoms with Crippen LogP contribution >= 0.6 is 0 Å². The lowest BCUT2D eigenvalue weighted by Crippen LogP contribution is -2.22. The maximum Gasteiger partial charge on any atom is 0.416 e. The fourth-order valence-corrected chi connectivity index (χ4v) is 1.79. The number of nitrogens with two attached hydrogens (primary N) is 1. The molecule has 1 fully saturated rings. The van der Waals surface area contributed by atoms with Gasteiger partial charge in [0.1, 0.15) is 6.10 Å². The van der Waals surface area contributed by atoms with Crippen molar-refractivity contribution in [2.24, 2.45) is 0 Å². The molecule has 110 valence electrons. The minimum Gasteiger partial charge on any atom is -0.443 e. The first kappa shape index (κ1) is 14.4. The summed E-state index contributed by atoms with van der Waals surface area (Å²) in [6.07, 6.45) is -5.18. The van der Waals surface area contributed by atoms with E-state index in [0.29, 0.717) is 13.0 Å². The van der Waals surface area contributed by atoms with E-state index in [9.17, 15) is 18.0 Å². The van der Waals surface area contributed by atoms with E-state index >= 15 is 0 Å². The molecule has 20 heavy (non-hydrogen) atoms. The number of rotatable bonds is 2. The van der Waals surface area contributed by atoms with Crippen LogP contribution in [-0.2, 0) is 15.7 Å².